The lowest BCUT2D eigenvalue weighted by atomic mass is 9.82. The summed E-state index contributed by atoms with van der Waals surface area (Å²) in [5.41, 5.74) is 16.9. The number of hydrogen-bond donors (Lipinski definition) is 1. The molecule has 2 aliphatic rings. The Morgan fingerprint density at radius 3 is 1.19 bits per heavy atom. The molecule has 8 aromatic rings. The van der Waals surface area contributed by atoms with E-state index in [0.29, 0.717) is 0 Å². The van der Waals surface area contributed by atoms with E-state index in [1.165, 1.54) is 53.8 Å². The summed E-state index contributed by atoms with van der Waals surface area (Å²) in [7, 11) is 0. The van der Waals surface area contributed by atoms with Crippen molar-refractivity contribution in [2.24, 2.45) is 0 Å². The van der Waals surface area contributed by atoms with Crippen LogP contribution in [0.15, 0.2) is 203 Å². The zero-order valence-corrected chi connectivity index (χ0v) is 38.9. The SMILES string of the molecule is CC1(C)c2cc(Br)ccc2-c2ccc(I)cc21.CC1(C)c2cc(Br)ccc2-c2ccc(N(c3ccccc3)c3ccccc3)cc21.c1ccc(Nc2ccccc2)cc1. The van der Waals surface area contributed by atoms with Crippen LogP contribution in [-0.4, -0.2) is 0 Å². The van der Waals surface area contributed by atoms with E-state index in [1.807, 2.05) is 60.7 Å². The lowest BCUT2D eigenvalue weighted by Gasteiger charge is -2.28. The van der Waals surface area contributed by atoms with Gasteiger partial charge < -0.3 is 10.2 Å². The molecule has 2 aliphatic carbocycles. The summed E-state index contributed by atoms with van der Waals surface area (Å²) in [6.45, 7) is 9.26. The second kappa shape index (κ2) is 17.3. The summed E-state index contributed by atoms with van der Waals surface area (Å²) in [5, 5.41) is 3.30. The number of rotatable bonds is 5. The molecule has 2 nitrogen and oxygen atoms in total. The van der Waals surface area contributed by atoms with Crippen LogP contribution in [0, 0.1) is 3.57 Å². The molecule has 0 spiro atoms. The molecule has 8 aromatic carbocycles. The molecule has 1 N–H and O–H groups in total. The Balaban J connectivity index is 0.000000136. The van der Waals surface area contributed by atoms with E-state index in [-0.39, 0.29) is 10.8 Å². The highest BCUT2D eigenvalue weighted by Gasteiger charge is 2.37. The van der Waals surface area contributed by atoms with E-state index in [2.05, 4.69) is 226 Å². The normalized spacial score (nSPS) is 13.3. The first-order valence-corrected chi connectivity index (χ1v) is 22.5. The quantitative estimate of drug-likeness (QED) is 0.173. The van der Waals surface area contributed by atoms with Crippen LogP contribution >= 0.6 is 54.5 Å². The fourth-order valence-corrected chi connectivity index (χ4v) is 9.54. The molecule has 0 radical (unpaired) electrons. The molecule has 0 saturated carbocycles. The molecule has 292 valence electrons. The molecule has 0 saturated heterocycles. The Bertz CT molecular complexity index is 2580. The minimum absolute atomic E-state index is 0.0382. The third-order valence-corrected chi connectivity index (χ3v) is 13.0. The Kier molecular flexibility index (Phi) is 12.0. The summed E-state index contributed by atoms with van der Waals surface area (Å²) in [6.07, 6.45) is 0. The Morgan fingerprint density at radius 2 is 0.746 bits per heavy atom. The summed E-state index contributed by atoms with van der Waals surface area (Å²) in [6, 6.07) is 68.3. The van der Waals surface area contributed by atoms with Gasteiger partial charge in [-0.1, -0.05) is 157 Å². The monoisotopic (exact) mass is 1010 g/mol. The second-order valence-corrected chi connectivity index (χ2v) is 19.0. The lowest BCUT2D eigenvalue weighted by Crippen LogP contribution is -2.16. The predicted octanol–water partition coefficient (Wildman–Crippen LogP) is 17.0. The Labute approximate surface area is 379 Å². The molecule has 0 unspecified atom stereocenters. The standard InChI is InChI=1S/C27H22BrN.C15H12BrI.C12H11N/c1-27(2)25-17-19(28)13-15-23(25)24-16-14-22(18-26(24)27)29(20-9-5-3-6-10-20)21-11-7-4-8-12-21;1-15(2)13-7-9(16)3-5-11(13)12-6-4-10(17)8-14(12)15;1-3-7-11(8-4-1)13-12-9-5-2-6-10-12/h3-18H,1-2H3;3-8H,1-2H3;1-10,13H. The molecule has 5 heteroatoms. The van der Waals surface area contributed by atoms with Gasteiger partial charge in [0.2, 0.25) is 0 Å². The van der Waals surface area contributed by atoms with Gasteiger partial charge in [0.05, 0.1) is 0 Å². The maximum absolute atomic E-state index is 3.65. The van der Waals surface area contributed by atoms with E-state index in [1.54, 1.807) is 0 Å². The van der Waals surface area contributed by atoms with Gasteiger partial charge in [0.15, 0.2) is 0 Å². The molecular formula is C54H45Br2IN2. The van der Waals surface area contributed by atoms with Gasteiger partial charge in [-0.15, -0.1) is 0 Å². The topological polar surface area (TPSA) is 15.3 Å². The smallest absolute Gasteiger partial charge is 0.0465 e. The average Bonchev–Trinajstić information content (AvgIpc) is 3.60. The van der Waals surface area contributed by atoms with Gasteiger partial charge in [0, 0.05) is 51.8 Å². The number of anilines is 5. The van der Waals surface area contributed by atoms with Gasteiger partial charge >= 0.3 is 0 Å². The summed E-state index contributed by atoms with van der Waals surface area (Å²) in [5.74, 6) is 0. The van der Waals surface area contributed by atoms with Crippen molar-refractivity contribution in [3.05, 3.63) is 229 Å². The summed E-state index contributed by atoms with van der Waals surface area (Å²) in [4.78, 5) is 2.33. The van der Waals surface area contributed by atoms with Crippen molar-refractivity contribution in [3.63, 3.8) is 0 Å². The van der Waals surface area contributed by atoms with Crippen molar-refractivity contribution < 1.29 is 0 Å². The number of nitrogens with one attached hydrogen (secondary N) is 1. The van der Waals surface area contributed by atoms with Gasteiger partial charge in [-0.05, 0) is 164 Å². The van der Waals surface area contributed by atoms with Gasteiger partial charge in [-0.2, -0.15) is 0 Å². The number of para-hydroxylation sites is 4. The molecular weight excluding hydrogens is 963 g/mol. The van der Waals surface area contributed by atoms with E-state index >= 15 is 0 Å². The molecule has 0 fully saturated rings. The van der Waals surface area contributed by atoms with Crippen molar-refractivity contribution in [1.82, 2.24) is 0 Å². The largest absolute Gasteiger partial charge is 0.356 e. The first kappa shape index (κ1) is 40.8. The van der Waals surface area contributed by atoms with Crippen molar-refractivity contribution in [2.45, 2.75) is 38.5 Å². The maximum atomic E-state index is 3.65. The third-order valence-electron chi connectivity index (χ3n) is 11.3. The first-order chi connectivity index (χ1) is 28.5. The highest BCUT2D eigenvalue weighted by Crippen LogP contribution is 2.52. The highest BCUT2D eigenvalue weighted by molar-refractivity contribution is 14.1. The molecule has 0 aliphatic heterocycles. The predicted molar refractivity (Wildman–Crippen MR) is 267 cm³/mol. The minimum atomic E-state index is -0.0382. The minimum Gasteiger partial charge on any atom is -0.356 e. The van der Waals surface area contributed by atoms with Crippen LogP contribution < -0.4 is 10.2 Å². The van der Waals surface area contributed by atoms with E-state index in [9.17, 15) is 0 Å². The fraction of sp³-hybridized carbons (Fsp3) is 0.111. The summed E-state index contributed by atoms with van der Waals surface area (Å²) >= 11 is 9.61. The Morgan fingerprint density at radius 1 is 0.390 bits per heavy atom. The molecule has 59 heavy (non-hydrogen) atoms. The number of hydrogen-bond acceptors (Lipinski definition) is 2. The van der Waals surface area contributed by atoms with Crippen LogP contribution in [0.4, 0.5) is 28.4 Å². The van der Waals surface area contributed by atoms with Gasteiger partial charge in [0.1, 0.15) is 0 Å². The zero-order valence-electron chi connectivity index (χ0n) is 33.6. The van der Waals surface area contributed by atoms with E-state index in [0.717, 1.165) is 31.7 Å². The lowest BCUT2D eigenvalue weighted by molar-refractivity contribution is 0.659. The number of fused-ring (bicyclic) bond motifs is 6. The molecule has 0 aromatic heterocycles. The molecule has 0 atom stereocenters. The summed E-state index contributed by atoms with van der Waals surface area (Å²) < 4.78 is 3.60. The van der Waals surface area contributed by atoms with Gasteiger partial charge in [-0.3, -0.25) is 0 Å². The fourth-order valence-electron chi connectivity index (χ4n) is 8.33. The van der Waals surface area contributed by atoms with Crippen LogP contribution in [0.2, 0.25) is 0 Å². The van der Waals surface area contributed by atoms with Crippen LogP contribution in [0.25, 0.3) is 22.3 Å². The number of benzene rings is 8. The van der Waals surface area contributed by atoms with Gasteiger partial charge in [-0.25, -0.2) is 0 Å². The van der Waals surface area contributed by atoms with Crippen molar-refractivity contribution >= 4 is 82.9 Å². The third kappa shape index (κ3) is 8.57. The zero-order chi connectivity index (χ0) is 41.1. The molecule has 10 rings (SSSR count). The number of nitrogens with zero attached hydrogens (tertiary/aromatic N) is 1. The van der Waals surface area contributed by atoms with Crippen LogP contribution in [0.3, 0.4) is 0 Å². The Hall–Kier alpha value is -4.95. The average molecular weight is 1010 g/mol. The van der Waals surface area contributed by atoms with E-state index in [4.69, 9.17) is 0 Å². The van der Waals surface area contributed by atoms with Crippen molar-refractivity contribution in [2.75, 3.05) is 10.2 Å². The van der Waals surface area contributed by atoms with Crippen LogP contribution in [0.5, 0.6) is 0 Å². The highest BCUT2D eigenvalue weighted by atomic mass is 127. The first-order valence-electron chi connectivity index (χ1n) is 19.8. The molecule has 0 amide bonds. The van der Waals surface area contributed by atoms with Gasteiger partial charge in [0.25, 0.3) is 0 Å². The molecule has 0 heterocycles. The van der Waals surface area contributed by atoms with Crippen molar-refractivity contribution in [3.8, 4) is 22.3 Å². The molecule has 0 bridgehead atoms. The second-order valence-electron chi connectivity index (χ2n) is 15.9. The maximum Gasteiger partial charge on any atom is 0.0465 e. The van der Waals surface area contributed by atoms with Crippen molar-refractivity contribution in [1.29, 1.82) is 0 Å². The van der Waals surface area contributed by atoms with Crippen LogP contribution in [0.1, 0.15) is 49.9 Å². The van der Waals surface area contributed by atoms with Crippen LogP contribution in [-0.2, 0) is 10.8 Å². The van der Waals surface area contributed by atoms with E-state index < -0.39 is 0 Å². The number of halogens is 3.